The van der Waals surface area contributed by atoms with Gasteiger partial charge in [0.2, 0.25) is 0 Å². The summed E-state index contributed by atoms with van der Waals surface area (Å²) in [7, 11) is 1.70. The Morgan fingerprint density at radius 1 is 1.41 bits per heavy atom. The zero-order chi connectivity index (χ0) is 16.1. The fourth-order valence-corrected chi connectivity index (χ4v) is 2.64. The Labute approximate surface area is 132 Å². The van der Waals surface area contributed by atoms with Gasteiger partial charge in [-0.2, -0.15) is 5.06 Å². The smallest absolute Gasteiger partial charge is 0.0629 e. The molecule has 1 atom stereocenters. The molecular weight excluding hydrogens is 274 g/mol. The Balaban J connectivity index is 2.07. The van der Waals surface area contributed by atoms with Crippen LogP contribution in [0.25, 0.3) is 0 Å². The highest BCUT2D eigenvalue weighted by atomic mass is 16.5. The molecule has 0 spiro atoms. The summed E-state index contributed by atoms with van der Waals surface area (Å²) in [6, 6.07) is 0.0962. The second kappa shape index (κ2) is 7.38. The van der Waals surface area contributed by atoms with E-state index in [1.54, 1.807) is 7.05 Å². The number of nitrogens with zero attached hydrogens (tertiary/aromatic N) is 1. The van der Waals surface area contributed by atoms with Crippen LogP contribution in [0.5, 0.6) is 0 Å². The van der Waals surface area contributed by atoms with E-state index in [4.69, 9.17) is 11.1 Å². The number of rotatable bonds is 6. The second-order valence-corrected chi connectivity index (χ2v) is 5.80. The van der Waals surface area contributed by atoms with Crippen molar-refractivity contribution in [2.24, 2.45) is 11.7 Å². The van der Waals surface area contributed by atoms with Crippen LogP contribution < -0.4 is 5.73 Å². The van der Waals surface area contributed by atoms with Crippen molar-refractivity contribution in [2.45, 2.75) is 32.2 Å². The van der Waals surface area contributed by atoms with Gasteiger partial charge in [0.1, 0.15) is 0 Å². The van der Waals surface area contributed by atoms with Crippen LogP contribution in [0, 0.1) is 11.3 Å². The molecule has 0 aliphatic heterocycles. The van der Waals surface area contributed by atoms with Crippen LogP contribution >= 0.6 is 0 Å². The maximum Gasteiger partial charge on any atom is 0.0629 e. The molecule has 0 heterocycles. The predicted molar refractivity (Wildman–Crippen MR) is 90.8 cm³/mol. The van der Waals surface area contributed by atoms with Crippen molar-refractivity contribution in [1.29, 1.82) is 5.41 Å². The first-order valence-corrected chi connectivity index (χ1v) is 7.76. The normalized spacial score (nSPS) is 22.7. The minimum atomic E-state index is 0.0962. The van der Waals surface area contributed by atoms with E-state index in [0.29, 0.717) is 11.6 Å². The molecule has 1 fully saturated rings. The maximum absolute atomic E-state index is 9.64. The van der Waals surface area contributed by atoms with Gasteiger partial charge in [-0.05, 0) is 48.5 Å². The summed E-state index contributed by atoms with van der Waals surface area (Å²) >= 11 is 0. The molecule has 0 saturated heterocycles. The molecule has 0 radical (unpaired) electrons. The number of nitrogens with two attached hydrogens (primary N) is 1. The number of hydroxylamine groups is 2. The van der Waals surface area contributed by atoms with E-state index in [-0.39, 0.29) is 6.04 Å². The third-order valence-corrected chi connectivity index (χ3v) is 4.10. The van der Waals surface area contributed by atoms with Crippen molar-refractivity contribution in [3.05, 3.63) is 59.4 Å². The first-order chi connectivity index (χ1) is 10.6. The van der Waals surface area contributed by atoms with Gasteiger partial charge in [-0.25, -0.2) is 0 Å². The first-order valence-electron chi connectivity index (χ1n) is 7.76. The van der Waals surface area contributed by atoms with Gasteiger partial charge in [-0.1, -0.05) is 31.2 Å². The Hall–Kier alpha value is -1.91. The van der Waals surface area contributed by atoms with Crippen LogP contribution in [0.2, 0.25) is 0 Å². The van der Waals surface area contributed by atoms with Gasteiger partial charge in [0.15, 0.2) is 0 Å². The lowest BCUT2D eigenvalue weighted by atomic mass is 9.91. The second-order valence-electron chi connectivity index (χ2n) is 5.80. The van der Waals surface area contributed by atoms with Crippen LogP contribution in [-0.4, -0.2) is 29.1 Å². The van der Waals surface area contributed by atoms with Crippen LogP contribution in [0.4, 0.5) is 0 Å². The van der Waals surface area contributed by atoms with Gasteiger partial charge < -0.3 is 16.4 Å². The summed E-state index contributed by atoms with van der Waals surface area (Å²) in [6.45, 7) is 2.08. The summed E-state index contributed by atoms with van der Waals surface area (Å²) in [6.07, 6.45) is 16.6. The summed E-state index contributed by atoms with van der Waals surface area (Å²) in [5, 5.41) is 18.8. The molecule has 2 aliphatic carbocycles. The predicted octanol–water partition coefficient (Wildman–Crippen LogP) is 3.34. The summed E-state index contributed by atoms with van der Waals surface area (Å²) in [5.41, 5.74) is 8.99. The van der Waals surface area contributed by atoms with E-state index in [1.165, 1.54) is 24.1 Å². The third kappa shape index (κ3) is 4.06. The lowest BCUT2D eigenvalue weighted by molar-refractivity contribution is -0.0935. The zero-order valence-corrected chi connectivity index (χ0v) is 13.3. The van der Waals surface area contributed by atoms with E-state index in [1.807, 2.05) is 36.5 Å². The largest absolute Gasteiger partial charge is 0.404 e. The Kier molecular flexibility index (Phi) is 5.52. The van der Waals surface area contributed by atoms with Crippen molar-refractivity contribution in [3.63, 3.8) is 0 Å². The van der Waals surface area contributed by atoms with Crippen molar-refractivity contribution in [2.75, 3.05) is 7.05 Å². The quantitative estimate of drug-likeness (QED) is 0.520. The summed E-state index contributed by atoms with van der Waals surface area (Å²) in [5.74, 6) is 0.576. The van der Waals surface area contributed by atoms with Crippen molar-refractivity contribution in [1.82, 2.24) is 5.06 Å². The molecule has 118 valence electrons. The van der Waals surface area contributed by atoms with E-state index in [2.05, 4.69) is 6.92 Å². The Morgan fingerprint density at radius 2 is 2.14 bits per heavy atom. The number of allylic oxidation sites excluding steroid dienone is 8. The monoisotopic (exact) mass is 299 g/mol. The number of nitrogens with one attached hydrogen (secondary N) is 1. The molecule has 2 rings (SSSR count). The fraction of sp³-hybridized carbons (Fsp3) is 0.389. The van der Waals surface area contributed by atoms with Crippen LogP contribution in [0.15, 0.2) is 59.4 Å². The molecule has 0 bridgehead atoms. The highest BCUT2D eigenvalue weighted by Crippen LogP contribution is 2.35. The van der Waals surface area contributed by atoms with Gasteiger partial charge in [-0.15, -0.1) is 0 Å². The minimum Gasteiger partial charge on any atom is -0.404 e. The molecule has 0 aromatic rings. The lowest BCUT2D eigenvalue weighted by Crippen LogP contribution is -2.28. The van der Waals surface area contributed by atoms with E-state index >= 15 is 0 Å². The van der Waals surface area contributed by atoms with E-state index in [9.17, 15) is 5.21 Å². The summed E-state index contributed by atoms with van der Waals surface area (Å²) in [4.78, 5) is 0. The number of hydrogen-bond donors (Lipinski definition) is 3. The van der Waals surface area contributed by atoms with Crippen LogP contribution in [-0.2, 0) is 0 Å². The summed E-state index contributed by atoms with van der Waals surface area (Å²) < 4.78 is 0. The molecule has 0 aromatic heterocycles. The highest BCUT2D eigenvalue weighted by Gasteiger charge is 2.31. The average Bonchev–Trinajstić information content (AvgIpc) is 3.32. The zero-order valence-electron chi connectivity index (χ0n) is 13.3. The Morgan fingerprint density at radius 3 is 2.68 bits per heavy atom. The third-order valence-electron chi connectivity index (χ3n) is 4.10. The number of likely N-dealkylation sites (N-methyl/N-ethyl adjacent to an activating group) is 1. The molecule has 4 heteroatoms. The van der Waals surface area contributed by atoms with E-state index < -0.39 is 0 Å². The molecule has 1 saturated carbocycles. The Bertz CT molecular complexity index is 573. The van der Waals surface area contributed by atoms with Crippen LogP contribution in [0.3, 0.4) is 0 Å². The van der Waals surface area contributed by atoms with Crippen molar-refractivity contribution < 1.29 is 5.21 Å². The van der Waals surface area contributed by atoms with E-state index in [0.717, 1.165) is 23.1 Å². The van der Waals surface area contributed by atoms with Gasteiger partial charge >= 0.3 is 0 Å². The van der Waals surface area contributed by atoms with Crippen molar-refractivity contribution >= 4 is 5.71 Å². The SMILES string of the molecule is CCC1=CC(=N)/C(=C\N)C=C1/C=C/C=C\C(C1CC1)N(C)O. The minimum absolute atomic E-state index is 0.0962. The molecule has 4 nitrogen and oxygen atoms in total. The first kappa shape index (κ1) is 16.5. The molecule has 0 aromatic carbocycles. The van der Waals surface area contributed by atoms with Crippen molar-refractivity contribution in [3.8, 4) is 0 Å². The van der Waals surface area contributed by atoms with Gasteiger partial charge in [0, 0.05) is 18.8 Å². The molecule has 2 aliphatic rings. The average molecular weight is 299 g/mol. The standard InChI is InChI=1S/C18H25N3O/c1-3-13-11-17(20)16(12-19)10-15(13)6-4-5-7-18(21(2)22)14-8-9-14/h4-7,10-12,14,18,20,22H,3,8-9,19H2,1-2H3/b6-4+,7-5-,16-12-,20-17?. The molecule has 1 unspecified atom stereocenters. The number of hydrogen-bond acceptors (Lipinski definition) is 4. The fourth-order valence-electron chi connectivity index (χ4n) is 2.64. The highest BCUT2D eigenvalue weighted by molar-refractivity contribution is 6.10. The van der Waals surface area contributed by atoms with Gasteiger partial charge in [0.25, 0.3) is 0 Å². The molecule has 0 amide bonds. The molecular formula is C18H25N3O. The maximum atomic E-state index is 9.64. The molecule has 4 N–H and O–H groups in total. The van der Waals surface area contributed by atoms with Crippen LogP contribution in [0.1, 0.15) is 26.2 Å². The topological polar surface area (TPSA) is 73.3 Å². The molecule has 22 heavy (non-hydrogen) atoms. The lowest BCUT2D eigenvalue weighted by Gasteiger charge is -2.18. The van der Waals surface area contributed by atoms with Gasteiger partial charge in [0.05, 0.1) is 11.8 Å². The van der Waals surface area contributed by atoms with Gasteiger partial charge in [-0.3, -0.25) is 0 Å².